The maximum absolute atomic E-state index is 12.5. The summed E-state index contributed by atoms with van der Waals surface area (Å²) < 4.78 is 5.73. The lowest BCUT2D eigenvalue weighted by atomic mass is 9.46. The van der Waals surface area contributed by atoms with Crippen LogP contribution in [0.2, 0.25) is 0 Å². The fourth-order valence-electron chi connectivity index (χ4n) is 7.11. The first-order valence-corrected chi connectivity index (χ1v) is 10.2. The average molecular weight is 357 g/mol. The first-order chi connectivity index (χ1) is 12.1. The van der Waals surface area contributed by atoms with E-state index in [1.807, 2.05) is 6.08 Å². The molecule has 142 valence electrons. The van der Waals surface area contributed by atoms with Crippen LogP contribution in [0.4, 0.5) is 0 Å². The molecule has 2 saturated carbocycles. The minimum Gasteiger partial charge on any atom is -0.462 e. The van der Waals surface area contributed by atoms with Crippen LogP contribution in [-0.4, -0.2) is 17.9 Å². The molecular weight excluding hydrogens is 324 g/mol. The summed E-state index contributed by atoms with van der Waals surface area (Å²) in [6, 6.07) is 0. The summed E-state index contributed by atoms with van der Waals surface area (Å²) >= 11 is 0. The lowest BCUT2D eigenvalue weighted by molar-refractivity contribution is -0.156. The highest BCUT2D eigenvalue weighted by Gasteiger charge is 2.60. The Labute approximate surface area is 157 Å². The van der Waals surface area contributed by atoms with E-state index in [0.29, 0.717) is 17.8 Å². The van der Waals surface area contributed by atoms with Crippen molar-refractivity contribution < 1.29 is 14.3 Å². The first kappa shape index (κ1) is 18.0. The number of carbonyl (C=O) groups excluding carboxylic acids is 2. The van der Waals surface area contributed by atoms with Crippen molar-refractivity contribution in [2.75, 3.05) is 0 Å². The number of esters is 1. The Kier molecular flexibility index (Phi) is 3.85. The minimum absolute atomic E-state index is 0.0127. The molecule has 0 bridgehead atoms. The van der Waals surface area contributed by atoms with Crippen molar-refractivity contribution in [2.24, 2.45) is 34.0 Å². The lowest BCUT2D eigenvalue weighted by Crippen LogP contribution is -2.52. The van der Waals surface area contributed by atoms with Gasteiger partial charge in [-0.05, 0) is 69.8 Å². The molecule has 0 aliphatic heterocycles. The van der Waals surface area contributed by atoms with Crippen LogP contribution < -0.4 is 0 Å². The van der Waals surface area contributed by atoms with E-state index in [2.05, 4.69) is 39.8 Å². The SMILES string of the molecule is CC(=O)O[C@H]1CC[C@H]2[C@@H]3CC=C4C(C)(C)C(=O)C=C[C@]4(C)[C@H]3CC[C@]12C. The Morgan fingerprint density at radius 2 is 1.85 bits per heavy atom. The number of fused-ring (bicyclic) bond motifs is 5. The zero-order chi connectivity index (χ0) is 18.9. The zero-order valence-electron chi connectivity index (χ0n) is 16.8. The highest BCUT2D eigenvalue weighted by Crippen LogP contribution is 2.65. The first-order valence-electron chi connectivity index (χ1n) is 10.2. The van der Waals surface area contributed by atoms with Crippen molar-refractivity contribution >= 4 is 11.8 Å². The van der Waals surface area contributed by atoms with E-state index < -0.39 is 0 Å². The molecule has 6 atom stereocenters. The van der Waals surface area contributed by atoms with Gasteiger partial charge in [-0.1, -0.05) is 31.6 Å². The second-order valence-corrected chi connectivity index (χ2v) is 10.1. The average Bonchev–Trinajstić information content (AvgIpc) is 2.88. The molecule has 4 aliphatic carbocycles. The number of carbonyl (C=O) groups is 2. The van der Waals surface area contributed by atoms with Crippen molar-refractivity contribution in [3.05, 3.63) is 23.8 Å². The van der Waals surface area contributed by atoms with E-state index in [0.717, 1.165) is 32.1 Å². The Bertz CT molecular complexity index is 715. The molecule has 3 heteroatoms. The summed E-state index contributed by atoms with van der Waals surface area (Å²) in [4.78, 5) is 24.0. The third-order valence-corrected chi connectivity index (χ3v) is 8.47. The molecular formula is C23H32O3. The predicted molar refractivity (Wildman–Crippen MR) is 101 cm³/mol. The molecule has 0 aromatic carbocycles. The highest BCUT2D eigenvalue weighted by atomic mass is 16.5. The standard InChI is InChI=1S/C23H32O3/c1-14(24)26-20-9-7-16-15-6-8-18-21(2,3)19(25)11-13-22(18,4)17(15)10-12-23(16,20)5/h8,11,13,15-17,20H,6-7,9-10,12H2,1-5H3/t15-,16-,17-,20-,22+,23-/m0/s1. The van der Waals surface area contributed by atoms with Gasteiger partial charge in [0, 0.05) is 23.2 Å². The summed E-state index contributed by atoms with van der Waals surface area (Å²) in [5.41, 5.74) is 1.04. The number of ether oxygens (including phenoxy) is 1. The van der Waals surface area contributed by atoms with E-state index in [4.69, 9.17) is 4.74 Å². The molecule has 2 fully saturated rings. The molecule has 3 nitrogen and oxygen atoms in total. The number of allylic oxidation sites excluding steroid dienone is 4. The minimum atomic E-state index is -0.384. The van der Waals surface area contributed by atoms with Crippen LogP contribution in [0, 0.1) is 34.0 Å². The summed E-state index contributed by atoms with van der Waals surface area (Å²) in [6.07, 6.45) is 12.0. The molecule has 0 aromatic rings. The molecule has 26 heavy (non-hydrogen) atoms. The van der Waals surface area contributed by atoms with Gasteiger partial charge < -0.3 is 4.74 Å². The fourth-order valence-corrected chi connectivity index (χ4v) is 7.11. The van der Waals surface area contributed by atoms with E-state index in [9.17, 15) is 9.59 Å². The van der Waals surface area contributed by atoms with E-state index >= 15 is 0 Å². The van der Waals surface area contributed by atoms with Crippen molar-refractivity contribution in [3.8, 4) is 0 Å². The van der Waals surface area contributed by atoms with Gasteiger partial charge in [0.25, 0.3) is 0 Å². The van der Waals surface area contributed by atoms with Gasteiger partial charge in [0.2, 0.25) is 0 Å². The van der Waals surface area contributed by atoms with E-state index in [1.165, 1.54) is 12.5 Å². The zero-order valence-corrected chi connectivity index (χ0v) is 16.8. The number of hydrogen-bond donors (Lipinski definition) is 0. The largest absolute Gasteiger partial charge is 0.462 e. The van der Waals surface area contributed by atoms with Crippen LogP contribution in [0.25, 0.3) is 0 Å². The van der Waals surface area contributed by atoms with Crippen LogP contribution in [0.1, 0.15) is 66.7 Å². The number of hydrogen-bond acceptors (Lipinski definition) is 3. The van der Waals surface area contributed by atoms with Crippen molar-refractivity contribution in [1.29, 1.82) is 0 Å². The molecule has 4 aliphatic rings. The number of rotatable bonds is 1. The van der Waals surface area contributed by atoms with E-state index in [-0.39, 0.29) is 34.1 Å². The van der Waals surface area contributed by atoms with Gasteiger partial charge in [-0.3, -0.25) is 9.59 Å². The van der Waals surface area contributed by atoms with Gasteiger partial charge >= 0.3 is 5.97 Å². The molecule has 0 unspecified atom stereocenters. The summed E-state index contributed by atoms with van der Waals surface area (Å²) in [5.74, 6) is 1.90. The lowest BCUT2D eigenvalue weighted by Gasteiger charge is -2.58. The van der Waals surface area contributed by atoms with Crippen LogP contribution in [0.3, 0.4) is 0 Å². The maximum Gasteiger partial charge on any atom is 0.302 e. The van der Waals surface area contributed by atoms with Crippen LogP contribution in [0.5, 0.6) is 0 Å². The predicted octanol–water partition coefficient (Wildman–Crippen LogP) is 4.86. The fraction of sp³-hybridized carbons (Fsp3) is 0.739. The van der Waals surface area contributed by atoms with Gasteiger partial charge in [-0.25, -0.2) is 0 Å². The van der Waals surface area contributed by atoms with Crippen LogP contribution in [0.15, 0.2) is 23.8 Å². The molecule has 0 spiro atoms. The summed E-state index contributed by atoms with van der Waals surface area (Å²) in [7, 11) is 0. The normalized spacial score (nSPS) is 46.0. The molecule has 0 N–H and O–H groups in total. The van der Waals surface area contributed by atoms with Crippen LogP contribution in [-0.2, 0) is 14.3 Å². The number of ketones is 1. The van der Waals surface area contributed by atoms with Gasteiger partial charge in [0.05, 0.1) is 0 Å². The third-order valence-electron chi connectivity index (χ3n) is 8.47. The molecule has 4 rings (SSSR count). The molecule has 0 aromatic heterocycles. The molecule has 0 saturated heterocycles. The molecule has 0 heterocycles. The quantitative estimate of drug-likeness (QED) is 0.498. The molecule has 0 amide bonds. The topological polar surface area (TPSA) is 43.4 Å². The third kappa shape index (κ3) is 2.25. The highest BCUT2D eigenvalue weighted by molar-refractivity contribution is 5.98. The van der Waals surface area contributed by atoms with Crippen molar-refractivity contribution in [2.45, 2.75) is 72.8 Å². The summed E-state index contributed by atoms with van der Waals surface area (Å²) in [5, 5.41) is 0. The van der Waals surface area contributed by atoms with Crippen molar-refractivity contribution in [1.82, 2.24) is 0 Å². The van der Waals surface area contributed by atoms with E-state index in [1.54, 1.807) is 0 Å². The Morgan fingerprint density at radius 1 is 1.12 bits per heavy atom. The van der Waals surface area contributed by atoms with Gasteiger partial charge in [-0.15, -0.1) is 0 Å². The smallest absolute Gasteiger partial charge is 0.302 e. The Balaban J connectivity index is 1.69. The van der Waals surface area contributed by atoms with Gasteiger partial charge in [-0.2, -0.15) is 0 Å². The molecule has 0 radical (unpaired) electrons. The van der Waals surface area contributed by atoms with Crippen molar-refractivity contribution in [3.63, 3.8) is 0 Å². The second kappa shape index (κ2) is 5.56. The Hall–Kier alpha value is -1.38. The maximum atomic E-state index is 12.5. The Morgan fingerprint density at radius 3 is 2.54 bits per heavy atom. The van der Waals surface area contributed by atoms with Gasteiger partial charge in [0.1, 0.15) is 6.10 Å². The summed E-state index contributed by atoms with van der Waals surface area (Å²) in [6.45, 7) is 10.4. The van der Waals surface area contributed by atoms with Crippen LogP contribution >= 0.6 is 0 Å². The van der Waals surface area contributed by atoms with Gasteiger partial charge in [0.15, 0.2) is 5.78 Å². The monoisotopic (exact) mass is 356 g/mol. The second-order valence-electron chi connectivity index (χ2n) is 10.1.